The first-order chi connectivity index (χ1) is 15.7. The fourth-order valence-corrected chi connectivity index (χ4v) is 3.66. The van der Waals surface area contributed by atoms with Crippen LogP contribution in [0.4, 0.5) is 0 Å². The van der Waals surface area contributed by atoms with E-state index in [9.17, 15) is 0 Å². The SMILES string of the molecule is C1=Cc2cc3ccc(cc4nc(cc5ccc(cc1n2)[nH]5)C=C4)[nH]3.CCc1ccccc1. The van der Waals surface area contributed by atoms with Crippen molar-refractivity contribution in [2.45, 2.75) is 13.3 Å². The van der Waals surface area contributed by atoms with Crippen molar-refractivity contribution in [3.05, 3.63) is 107 Å². The van der Waals surface area contributed by atoms with Gasteiger partial charge >= 0.3 is 0 Å². The zero-order valence-corrected chi connectivity index (χ0v) is 17.9. The lowest BCUT2D eigenvalue weighted by atomic mass is 10.2. The lowest BCUT2D eigenvalue weighted by molar-refractivity contribution is 1.14. The van der Waals surface area contributed by atoms with E-state index in [1.54, 1.807) is 0 Å². The van der Waals surface area contributed by atoms with Crippen molar-refractivity contribution in [1.82, 2.24) is 19.9 Å². The van der Waals surface area contributed by atoms with Crippen LogP contribution in [-0.4, -0.2) is 19.9 Å². The van der Waals surface area contributed by atoms with Crippen LogP contribution in [-0.2, 0) is 6.42 Å². The van der Waals surface area contributed by atoms with E-state index in [-0.39, 0.29) is 0 Å². The van der Waals surface area contributed by atoms with E-state index in [1.807, 2.05) is 54.6 Å². The molecule has 1 aromatic carbocycles. The maximum absolute atomic E-state index is 4.63. The Labute approximate surface area is 187 Å². The lowest BCUT2D eigenvalue weighted by Crippen LogP contribution is -1.75. The first kappa shape index (κ1) is 19.8. The maximum Gasteiger partial charge on any atom is 0.0658 e. The van der Waals surface area contributed by atoms with Gasteiger partial charge in [-0.05, 0) is 84.8 Å². The predicted octanol–water partition coefficient (Wildman–Crippen LogP) is 6.90. The summed E-state index contributed by atoms with van der Waals surface area (Å²) in [4.78, 5) is 16.0. The Morgan fingerprint density at radius 3 is 1.22 bits per heavy atom. The minimum absolute atomic E-state index is 0.939. The zero-order chi connectivity index (χ0) is 21.8. The van der Waals surface area contributed by atoms with Gasteiger partial charge < -0.3 is 9.97 Å². The largest absolute Gasteiger partial charge is 0.355 e. The molecule has 156 valence electrons. The summed E-state index contributed by atoms with van der Waals surface area (Å²) in [5.74, 6) is 0. The summed E-state index contributed by atoms with van der Waals surface area (Å²) in [5, 5.41) is 0. The van der Waals surface area contributed by atoms with Crippen molar-refractivity contribution in [2.24, 2.45) is 0 Å². The molecule has 2 aliphatic heterocycles. The quantitative estimate of drug-likeness (QED) is 0.306. The number of aromatic amines is 2. The Morgan fingerprint density at radius 2 is 0.906 bits per heavy atom. The topological polar surface area (TPSA) is 57.4 Å². The highest BCUT2D eigenvalue weighted by atomic mass is 14.8. The molecule has 4 nitrogen and oxygen atoms in total. The first-order valence-corrected chi connectivity index (χ1v) is 10.8. The zero-order valence-electron chi connectivity index (χ0n) is 17.9. The number of hydrogen-bond acceptors (Lipinski definition) is 2. The second-order valence-electron chi connectivity index (χ2n) is 7.74. The van der Waals surface area contributed by atoms with Gasteiger partial charge in [-0.25, -0.2) is 9.97 Å². The molecule has 2 aliphatic rings. The summed E-state index contributed by atoms with van der Waals surface area (Å²) < 4.78 is 0. The molecule has 6 rings (SSSR count). The van der Waals surface area contributed by atoms with E-state index in [2.05, 4.69) is 75.4 Å². The molecular weight excluding hydrogens is 392 g/mol. The first-order valence-electron chi connectivity index (χ1n) is 10.8. The number of nitrogens with one attached hydrogen (secondary N) is 2. The van der Waals surface area contributed by atoms with E-state index < -0.39 is 0 Å². The van der Waals surface area contributed by atoms with Crippen molar-refractivity contribution in [2.75, 3.05) is 0 Å². The van der Waals surface area contributed by atoms with E-state index in [0.717, 1.165) is 51.3 Å². The Bertz CT molecular complexity index is 1280. The van der Waals surface area contributed by atoms with E-state index in [1.165, 1.54) is 5.56 Å². The van der Waals surface area contributed by atoms with E-state index in [0.29, 0.717) is 0 Å². The molecule has 5 heterocycles. The van der Waals surface area contributed by atoms with Gasteiger partial charge in [-0.2, -0.15) is 0 Å². The normalized spacial score (nSPS) is 11.8. The van der Waals surface area contributed by atoms with Crippen LogP contribution in [0.3, 0.4) is 0 Å². The molecule has 0 amide bonds. The number of nitrogens with zero attached hydrogens (tertiary/aromatic N) is 2. The molecule has 0 saturated carbocycles. The fourth-order valence-electron chi connectivity index (χ4n) is 3.66. The third-order valence-corrected chi connectivity index (χ3v) is 5.29. The molecule has 0 radical (unpaired) electrons. The van der Waals surface area contributed by atoms with Crippen LogP contribution in [0.25, 0.3) is 46.4 Å². The van der Waals surface area contributed by atoms with Crippen LogP contribution in [0.5, 0.6) is 0 Å². The number of hydrogen-bond donors (Lipinski definition) is 2. The Kier molecular flexibility index (Phi) is 5.50. The van der Waals surface area contributed by atoms with Crippen LogP contribution in [0.1, 0.15) is 35.3 Å². The monoisotopic (exact) mass is 416 g/mol. The van der Waals surface area contributed by atoms with Gasteiger partial charge in [0.15, 0.2) is 0 Å². The van der Waals surface area contributed by atoms with Crippen LogP contribution in [0, 0.1) is 0 Å². The van der Waals surface area contributed by atoms with Crippen LogP contribution in [0.15, 0.2) is 78.9 Å². The molecule has 0 aliphatic carbocycles. The Balaban J connectivity index is 0.000000230. The summed E-state index contributed by atoms with van der Waals surface area (Å²) in [6.45, 7) is 2.16. The Hall–Kier alpha value is -4.18. The van der Waals surface area contributed by atoms with Crippen molar-refractivity contribution in [1.29, 1.82) is 0 Å². The summed E-state index contributed by atoms with van der Waals surface area (Å²) in [6.07, 6.45) is 9.23. The summed E-state index contributed by atoms with van der Waals surface area (Å²) in [6, 6.07) is 26.8. The van der Waals surface area contributed by atoms with Crippen LogP contribution in [0.2, 0.25) is 0 Å². The molecule has 0 unspecified atom stereocenters. The molecule has 4 heteroatoms. The molecule has 3 aromatic heterocycles. The highest BCUT2D eigenvalue weighted by Gasteiger charge is 2.01. The van der Waals surface area contributed by atoms with Gasteiger partial charge in [-0.15, -0.1) is 0 Å². The van der Waals surface area contributed by atoms with Crippen molar-refractivity contribution < 1.29 is 0 Å². The molecule has 0 saturated heterocycles. The highest BCUT2D eigenvalue weighted by Crippen LogP contribution is 2.16. The van der Waals surface area contributed by atoms with Crippen LogP contribution < -0.4 is 0 Å². The molecule has 32 heavy (non-hydrogen) atoms. The van der Waals surface area contributed by atoms with Gasteiger partial charge in [-0.1, -0.05) is 37.3 Å². The minimum Gasteiger partial charge on any atom is -0.355 e. The number of H-pyrrole nitrogens is 2. The van der Waals surface area contributed by atoms with Gasteiger partial charge in [0.2, 0.25) is 0 Å². The number of rotatable bonds is 1. The van der Waals surface area contributed by atoms with Crippen molar-refractivity contribution in [3.63, 3.8) is 0 Å². The van der Waals surface area contributed by atoms with Gasteiger partial charge in [0.25, 0.3) is 0 Å². The summed E-state index contributed by atoms with van der Waals surface area (Å²) >= 11 is 0. The van der Waals surface area contributed by atoms with Gasteiger partial charge in [0.1, 0.15) is 0 Å². The summed E-state index contributed by atoms with van der Waals surface area (Å²) in [7, 11) is 0. The third kappa shape index (κ3) is 4.76. The molecular formula is C28H24N4. The fraction of sp³-hybridized carbons (Fsp3) is 0.0714. The lowest BCUT2D eigenvalue weighted by Gasteiger charge is -1.89. The Morgan fingerprint density at radius 1 is 0.531 bits per heavy atom. The number of aryl methyl sites for hydroxylation is 1. The van der Waals surface area contributed by atoms with E-state index >= 15 is 0 Å². The standard InChI is InChI=1S/C20H14N4.C8H10/c1-2-14-10-16-5-6-18(23-16)12-20-8-7-19(24-20)11-17-4-3-15(22-17)9-13(1)21-14;1-2-8-6-4-3-5-7-8/h1-12,21,24H;3-7H,2H2,1H3. The minimum atomic E-state index is 0.939. The maximum atomic E-state index is 4.63. The number of benzene rings is 1. The number of fused-ring (bicyclic) bond motifs is 8. The second-order valence-corrected chi connectivity index (χ2v) is 7.74. The van der Waals surface area contributed by atoms with Crippen LogP contribution >= 0.6 is 0 Å². The van der Waals surface area contributed by atoms with Crippen molar-refractivity contribution in [3.8, 4) is 0 Å². The molecule has 0 fully saturated rings. The average molecular weight is 417 g/mol. The van der Waals surface area contributed by atoms with Gasteiger partial charge in [-0.3, -0.25) is 0 Å². The van der Waals surface area contributed by atoms with Gasteiger partial charge in [0, 0.05) is 22.1 Å². The molecule has 0 spiro atoms. The third-order valence-electron chi connectivity index (χ3n) is 5.29. The molecule has 4 aromatic rings. The molecule has 8 bridgehead atoms. The summed E-state index contributed by atoms with van der Waals surface area (Å²) in [5.41, 5.74) is 9.27. The molecule has 2 N–H and O–H groups in total. The second kappa shape index (κ2) is 8.90. The van der Waals surface area contributed by atoms with Crippen molar-refractivity contribution >= 4 is 46.4 Å². The van der Waals surface area contributed by atoms with E-state index in [4.69, 9.17) is 0 Å². The number of aromatic nitrogens is 4. The predicted molar refractivity (Wildman–Crippen MR) is 135 cm³/mol. The average Bonchev–Trinajstić information content (AvgIpc) is 3.61. The molecule has 0 atom stereocenters. The highest BCUT2D eigenvalue weighted by molar-refractivity contribution is 5.77. The van der Waals surface area contributed by atoms with Gasteiger partial charge in [0.05, 0.1) is 22.8 Å². The smallest absolute Gasteiger partial charge is 0.0658 e.